The van der Waals surface area contributed by atoms with Crippen LogP contribution in [0.1, 0.15) is 30.0 Å². The summed E-state index contributed by atoms with van der Waals surface area (Å²) < 4.78 is 0. The van der Waals surface area contributed by atoms with Gasteiger partial charge in [-0.1, -0.05) is 52.7 Å². The summed E-state index contributed by atoms with van der Waals surface area (Å²) in [5.41, 5.74) is 5.47. The van der Waals surface area contributed by atoms with Crippen LogP contribution in [0.25, 0.3) is 6.08 Å². The van der Waals surface area contributed by atoms with E-state index in [1.54, 1.807) is 0 Å². The molecule has 0 unspecified atom stereocenters. The quantitative estimate of drug-likeness (QED) is 0.696. The Bertz CT molecular complexity index is 331. The van der Waals surface area contributed by atoms with Crippen molar-refractivity contribution in [2.75, 3.05) is 5.33 Å². The van der Waals surface area contributed by atoms with Gasteiger partial charge >= 0.3 is 0 Å². The fourth-order valence-electron chi connectivity index (χ4n) is 1.33. The molecule has 1 aromatic rings. The molecule has 0 saturated carbocycles. The van der Waals surface area contributed by atoms with Crippen LogP contribution in [-0.2, 0) is 0 Å². The number of rotatable bonds is 3. The van der Waals surface area contributed by atoms with Crippen LogP contribution in [-0.4, -0.2) is 5.33 Å². The van der Waals surface area contributed by atoms with Gasteiger partial charge in [-0.3, -0.25) is 0 Å². The Labute approximate surface area is 95.2 Å². The van der Waals surface area contributed by atoms with Crippen molar-refractivity contribution in [1.82, 2.24) is 0 Å². The third kappa shape index (κ3) is 2.98. The number of alkyl halides is 1. The van der Waals surface area contributed by atoms with E-state index in [4.69, 9.17) is 0 Å². The topological polar surface area (TPSA) is 0 Å². The molecule has 1 heteroatoms. The Kier molecular flexibility index (Phi) is 4.40. The van der Waals surface area contributed by atoms with Crippen LogP contribution in [0.2, 0.25) is 0 Å². The Morgan fingerprint density at radius 2 is 2.00 bits per heavy atom. The average Bonchev–Trinajstić information content (AvgIpc) is 2.19. The van der Waals surface area contributed by atoms with Crippen molar-refractivity contribution < 1.29 is 0 Å². The van der Waals surface area contributed by atoms with E-state index in [2.05, 4.69) is 61.0 Å². The number of halogens is 1. The normalized spacial score (nSPS) is 11.9. The minimum absolute atomic E-state index is 0.969. The highest BCUT2D eigenvalue weighted by Crippen LogP contribution is 2.15. The van der Waals surface area contributed by atoms with Gasteiger partial charge in [0.1, 0.15) is 0 Å². The first-order chi connectivity index (χ1) is 6.67. The molecule has 0 bridgehead atoms. The van der Waals surface area contributed by atoms with Crippen LogP contribution in [0.5, 0.6) is 0 Å². The molecule has 0 saturated heterocycles. The lowest BCUT2D eigenvalue weighted by Gasteiger charge is -2.03. The number of hydrogen-bond donors (Lipinski definition) is 0. The summed E-state index contributed by atoms with van der Waals surface area (Å²) >= 11 is 3.50. The molecule has 76 valence electrons. The molecule has 0 N–H and O–H groups in total. The Morgan fingerprint density at radius 3 is 2.50 bits per heavy atom. The van der Waals surface area contributed by atoms with Crippen LogP contribution in [0.3, 0.4) is 0 Å². The molecule has 0 aromatic heterocycles. The highest BCUT2D eigenvalue weighted by Gasteiger charge is 1.95. The zero-order valence-electron chi connectivity index (χ0n) is 9.10. The maximum atomic E-state index is 3.50. The minimum Gasteiger partial charge on any atom is -0.0880 e. The molecule has 0 heterocycles. The third-order valence-electron chi connectivity index (χ3n) is 2.53. The maximum absolute atomic E-state index is 3.50. The Hall–Kier alpha value is -0.560. The number of aryl methyl sites for hydroxylation is 2. The predicted octanol–water partition coefficient (Wildman–Crippen LogP) is 4.49. The van der Waals surface area contributed by atoms with Gasteiger partial charge in [-0.15, -0.1) is 0 Å². The lowest BCUT2D eigenvalue weighted by atomic mass is 10.0. The van der Waals surface area contributed by atoms with E-state index in [1.165, 1.54) is 22.3 Å². The van der Waals surface area contributed by atoms with Crippen LogP contribution < -0.4 is 0 Å². The second-order valence-electron chi connectivity index (χ2n) is 3.63. The van der Waals surface area contributed by atoms with E-state index in [0.29, 0.717) is 0 Å². The Morgan fingerprint density at radius 1 is 1.29 bits per heavy atom. The van der Waals surface area contributed by atoms with Gasteiger partial charge in [0.05, 0.1) is 0 Å². The summed E-state index contributed by atoms with van der Waals surface area (Å²) in [7, 11) is 0. The second-order valence-corrected chi connectivity index (χ2v) is 4.19. The highest BCUT2D eigenvalue weighted by molar-refractivity contribution is 9.09. The molecule has 0 atom stereocenters. The lowest BCUT2D eigenvalue weighted by molar-refractivity contribution is 1.12. The molecule has 0 nitrogen and oxygen atoms in total. The monoisotopic (exact) mass is 252 g/mol. The molecule has 0 radical (unpaired) electrons. The zero-order chi connectivity index (χ0) is 10.6. The van der Waals surface area contributed by atoms with Crippen molar-refractivity contribution in [2.45, 2.75) is 27.2 Å². The predicted molar refractivity (Wildman–Crippen MR) is 68.0 cm³/mol. The Balaban J connectivity index is 2.97. The van der Waals surface area contributed by atoms with E-state index in [0.717, 1.165) is 11.8 Å². The molecule has 0 spiro atoms. The standard InChI is InChI=1S/C13H17Br/c1-4-12(9-14)8-13-6-5-10(2)11(3)7-13/h5-8H,4,9H2,1-3H3. The van der Waals surface area contributed by atoms with Gasteiger partial charge < -0.3 is 0 Å². The molecule has 0 aliphatic rings. The summed E-state index contributed by atoms with van der Waals surface area (Å²) in [6.45, 7) is 6.49. The van der Waals surface area contributed by atoms with Crippen molar-refractivity contribution in [3.8, 4) is 0 Å². The third-order valence-corrected chi connectivity index (χ3v) is 3.25. The summed E-state index contributed by atoms with van der Waals surface area (Å²) in [5.74, 6) is 0. The van der Waals surface area contributed by atoms with Crippen molar-refractivity contribution in [1.29, 1.82) is 0 Å². The molecular formula is C13H17Br. The van der Waals surface area contributed by atoms with Gasteiger partial charge in [0.25, 0.3) is 0 Å². The summed E-state index contributed by atoms with van der Waals surface area (Å²) in [6, 6.07) is 6.61. The highest BCUT2D eigenvalue weighted by atomic mass is 79.9. The van der Waals surface area contributed by atoms with Gasteiger partial charge in [0, 0.05) is 5.33 Å². The lowest BCUT2D eigenvalue weighted by Crippen LogP contribution is -1.85. The van der Waals surface area contributed by atoms with Crippen molar-refractivity contribution in [3.63, 3.8) is 0 Å². The summed E-state index contributed by atoms with van der Waals surface area (Å²) in [6.07, 6.45) is 3.37. The van der Waals surface area contributed by atoms with E-state index in [-0.39, 0.29) is 0 Å². The molecular weight excluding hydrogens is 236 g/mol. The van der Waals surface area contributed by atoms with Crippen molar-refractivity contribution in [3.05, 3.63) is 40.5 Å². The zero-order valence-corrected chi connectivity index (χ0v) is 10.7. The molecule has 0 aliphatic carbocycles. The van der Waals surface area contributed by atoms with Crippen LogP contribution in [0.4, 0.5) is 0 Å². The minimum atomic E-state index is 0.969. The second kappa shape index (κ2) is 5.35. The van der Waals surface area contributed by atoms with E-state index in [1.807, 2.05) is 0 Å². The van der Waals surface area contributed by atoms with E-state index >= 15 is 0 Å². The molecule has 1 rings (SSSR count). The molecule has 0 amide bonds. The van der Waals surface area contributed by atoms with Gasteiger partial charge in [-0.05, 0) is 37.0 Å². The fourth-order valence-corrected chi connectivity index (χ4v) is 1.88. The number of benzene rings is 1. The first-order valence-electron chi connectivity index (χ1n) is 5.00. The van der Waals surface area contributed by atoms with Gasteiger partial charge in [0.2, 0.25) is 0 Å². The average molecular weight is 253 g/mol. The van der Waals surface area contributed by atoms with Crippen LogP contribution in [0.15, 0.2) is 23.8 Å². The van der Waals surface area contributed by atoms with Gasteiger partial charge in [-0.25, -0.2) is 0 Å². The van der Waals surface area contributed by atoms with Crippen LogP contribution >= 0.6 is 15.9 Å². The van der Waals surface area contributed by atoms with Crippen molar-refractivity contribution in [2.24, 2.45) is 0 Å². The smallest absolute Gasteiger partial charge is 0.0245 e. The van der Waals surface area contributed by atoms with Gasteiger partial charge in [-0.2, -0.15) is 0 Å². The summed E-state index contributed by atoms with van der Waals surface area (Å²) in [5, 5.41) is 0.969. The van der Waals surface area contributed by atoms with Crippen molar-refractivity contribution >= 4 is 22.0 Å². The largest absolute Gasteiger partial charge is 0.0880 e. The first-order valence-corrected chi connectivity index (χ1v) is 6.12. The summed E-state index contributed by atoms with van der Waals surface area (Å²) in [4.78, 5) is 0. The van der Waals surface area contributed by atoms with Crippen LogP contribution in [0, 0.1) is 13.8 Å². The SMILES string of the molecule is CCC(=Cc1ccc(C)c(C)c1)CBr. The molecule has 0 fully saturated rings. The van der Waals surface area contributed by atoms with Gasteiger partial charge in [0.15, 0.2) is 0 Å². The molecule has 1 aromatic carbocycles. The number of allylic oxidation sites excluding steroid dienone is 1. The fraction of sp³-hybridized carbons (Fsp3) is 0.385. The maximum Gasteiger partial charge on any atom is 0.0245 e. The van der Waals surface area contributed by atoms with E-state index < -0.39 is 0 Å². The molecule has 14 heavy (non-hydrogen) atoms. The van der Waals surface area contributed by atoms with E-state index in [9.17, 15) is 0 Å². The first kappa shape index (κ1) is 11.5. The molecule has 0 aliphatic heterocycles. The number of hydrogen-bond acceptors (Lipinski definition) is 0.